The summed E-state index contributed by atoms with van der Waals surface area (Å²) in [4.78, 5) is 3.72. The van der Waals surface area contributed by atoms with Crippen molar-refractivity contribution in [1.82, 2.24) is 4.98 Å². The molecular formula is C26H36N2. The van der Waals surface area contributed by atoms with Crippen LogP contribution < -0.4 is 5.73 Å². The Hall–Kier alpha value is -2.06. The first-order valence-electron chi connectivity index (χ1n) is 10.9. The number of nitrogens with two attached hydrogens (primary N) is 1. The summed E-state index contributed by atoms with van der Waals surface area (Å²) in [6.07, 6.45) is 6.93. The van der Waals surface area contributed by atoms with Crippen LogP contribution >= 0.6 is 0 Å². The fraction of sp³-hybridized carbons (Fsp3) is 0.462. The number of rotatable bonds is 8. The van der Waals surface area contributed by atoms with Gasteiger partial charge in [-0.3, -0.25) is 0 Å². The SMILES string of the molecule is CCCCc1ccc2[nH]c(-c3ccc(C(C)(C)C)cc3)c(CCCCN)c2c1. The van der Waals surface area contributed by atoms with Gasteiger partial charge in [-0.25, -0.2) is 0 Å². The number of H-pyrrole nitrogens is 1. The number of unbranched alkanes of at least 4 members (excludes halogenated alkanes) is 2. The Labute approximate surface area is 170 Å². The van der Waals surface area contributed by atoms with Gasteiger partial charge in [-0.15, -0.1) is 0 Å². The molecule has 3 rings (SSSR count). The summed E-state index contributed by atoms with van der Waals surface area (Å²) in [5.74, 6) is 0. The Morgan fingerprint density at radius 3 is 2.29 bits per heavy atom. The topological polar surface area (TPSA) is 41.8 Å². The van der Waals surface area contributed by atoms with E-state index in [2.05, 4.69) is 75.1 Å². The van der Waals surface area contributed by atoms with Gasteiger partial charge in [-0.1, -0.05) is 64.4 Å². The lowest BCUT2D eigenvalue weighted by molar-refractivity contribution is 0.590. The van der Waals surface area contributed by atoms with Crippen molar-refractivity contribution in [1.29, 1.82) is 0 Å². The molecule has 0 radical (unpaired) electrons. The zero-order valence-electron chi connectivity index (χ0n) is 18.1. The van der Waals surface area contributed by atoms with Crippen molar-refractivity contribution in [2.75, 3.05) is 6.54 Å². The number of aromatic amines is 1. The highest BCUT2D eigenvalue weighted by Crippen LogP contribution is 2.34. The number of hydrogen-bond acceptors (Lipinski definition) is 1. The average Bonchev–Trinajstić information content (AvgIpc) is 3.04. The van der Waals surface area contributed by atoms with Crippen LogP contribution in [0.4, 0.5) is 0 Å². The van der Waals surface area contributed by atoms with E-state index in [0.29, 0.717) is 0 Å². The maximum absolute atomic E-state index is 5.76. The molecule has 2 nitrogen and oxygen atoms in total. The van der Waals surface area contributed by atoms with E-state index in [0.717, 1.165) is 32.2 Å². The van der Waals surface area contributed by atoms with Gasteiger partial charge in [0.1, 0.15) is 0 Å². The summed E-state index contributed by atoms with van der Waals surface area (Å²) in [5, 5.41) is 1.39. The van der Waals surface area contributed by atoms with Gasteiger partial charge < -0.3 is 10.7 Å². The smallest absolute Gasteiger partial charge is 0.0497 e. The molecule has 3 aromatic rings. The van der Waals surface area contributed by atoms with Crippen LogP contribution in [-0.2, 0) is 18.3 Å². The van der Waals surface area contributed by atoms with Gasteiger partial charge in [0.05, 0.1) is 0 Å². The lowest BCUT2D eigenvalue weighted by Gasteiger charge is -2.19. The van der Waals surface area contributed by atoms with E-state index >= 15 is 0 Å². The summed E-state index contributed by atoms with van der Waals surface area (Å²) in [6.45, 7) is 9.81. The number of hydrogen-bond donors (Lipinski definition) is 2. The van der Waals surface area contributed by atoms with Crippen LogP contribution in [-0.4, -0.2) is 11.5 Å². The predicted octanol–water partition coefficient (Wildman–Crippen LogP) is 6.76. The third-order valence-corrected chi connectivity index (χ3v) is 5.71. The molecule has 28 heavy (non-hydrogen) atoms. The van der Waals surface area contributed by atoms with Crippen LogP contribution in [0, 0.1) is 0 Å². The largest absolute Gasteiger partial charge is 0.354 e. The number of nitrogens with one attached hydrogen (secondary N) is 1. The molecule has 1 heterocycles. The molecule has 0 bridgehead atoms. The highest BCUT2D eigenvalue weighted by Gasteiger charge is 2.16. The maximum atomic E-state index is 5.76. The number of aryl methyl sites for hydroxylation is 2. The molecule has 0 spiro atoms. The van der Waals surface area contributed by atoms with Crippen LogP contribution in [0.25, 0.3) is 22.2 Å². The molecule has 1 aromatic heterocycles. The van der Waals surface area contributed by atoms with E-state index in [1.807, 2.05) is 0 Å². The molecule has 0 fully saturated rings. The van der Waals surface area contributed by atoms with E-state index in [1.54, 1.807) is 0 Å². The summed E-state index contributed by atoms with van der Waals surface area (Å²) in [6, 6.07) is 16.1. The Kier molecular flexibility index (Phi) is 6.61. The average molecular weight is 377 g/mol. The molecule has 0 saturated carbocycles. The molecule has 0 unspecified atom stereocenters. The fourth-order valence-electron chi connectivity index (χ4n) is 3.92. The van der Waals surface area contributed by atoms with Crippen molar-refractivity contribution in [2.24, 2.45) is 5.73 Å². The minimum absolute atomic E-state index is 0.178. The monoisotopic (exact) mass is 376 g/mol. The zero-order chi connectivity index (χ0) is 20.1. The Balaban J connectivity index is 2.03. The summed E-state index contributed by atoms with van der Waals surface area (Å²) in [7, 11) is 0. The second-order valence-electron chi connectivity index (χ2n) is 9.04. The van der Waals surface area contributed by atoms with Gasteiger partial charge in [0.2, 0.25) is 0 Å². The fourth-order valence-corrected chi connectivity index (χ4v) is 3.92. The van der Waals surface area contributed by atoms with Crippen LogP contribution in [0.3, 0.4) is 0 Å². The molecule has 0 atom stereocenters. The summed E-state index contributed by atoms with van der Waals surface area (Å²) >= 11 is 0. The molecule has 2 heteroatoms. The van der Waals surface area contributed by atoms with Crippen molar-refractivity contribution in [3.63, 3.8) is 0 Å². The molecule has 0 amide bonds. The third kappa shape index (κ3) is 4.67. The van der Waals surface area contributed by atoms with Crippen LogP contribution in [0.15, 0.2) is 42.5 Å². The molecule has 0 saturated heterocycles. The van der Waals surface area contributed by atoms with E-state index in [9.17, 15) is 0 Å². The standard InChI is InChI=1S/C26H36N2/c1-5-6-9-19-11-16-24-23(18-19)22(10-7-8-17-27)25(28-24)20-12-14-21(15-13-20)26(2,3)4/h11-16,18,28H,5-10,17,27H2,1-4H3. The third-order valence-electron chi connectivity index (χ3n) is 5.71. The van der Waals surface area contributed by atoms with E-state index < -0.39 is 0 Å². The molecule has 150 valence electrons. The highest BCUT2D eigenvalue weighted by atomic mass is 14.7. The summed E-state index contributed by atoms with van der Waals surface area (Å²) in [5.41, 5.74) is 14.0. The predicted molar refractivity (Wildman–Crippen MR) is 123 cm³/mol. The molecule has 0 aliphatic rings. The lowest BCUT2D eigenvalue weighted by Crippen LogP contribution is -2.10. The van der Waals surface area contributed by atoms with Crippen LogP contribution in [0.2, 0.25) is 0 Å². The Morgan fingerprint density at radius 1 is 0.893 bits per heavy atom. The number of fused-ring (bicyclic) bond motifs is 1. The number of aromatic nitrogens is 1. The molecule has 2 aromatic carbocycles. The van der Waals surface area contributed by atoms with Crippen molar-refractivity contribution < 1.29 is 0 Å². The van der Waals surface area contributed by atoms with Crippen molar-refractivity contribution in [3.05, 3.63) is 59.2 Å². The van der Waals surface area contributed by atoms with Gasteiger partial charge >= 0.3 is 0 Å². The quantitative estimate of drug-likeness (QED) is 0.419. The minimum atomic E-state index is 0.178. The van der Waals surface area contributed by atoms with Gasteiger partial charge in [0.25, 0.3) is 0 Å². The van der Waals surface area contributed by atoms with Gasteiger partial charge in [0, 0.05) is 16.6 Å². The van der Waals surface area contributed by atoms with Gasteiger partial charge in [-0.05, 0) is 78.5 Å². The molecule has 0 aliphatic heterocycles. The van der Waals surface area contributed by atoms with E-state index in [1.165, 1.54) is 51.7 Å². The first-order chi connectivity index (χ1) is 13.4. The number of benzene rings is 2. The first kappa shape index (κ1) is 20.7. The van der Waals surface area contributed by atoms with Crippen molar-refractivity contribution in [2.45, 2.75) is 71.6 Å². The van der Waals surface area contributed by atoms with Gasteiger partial charge in [0.15, 0.2) is 0 Å². The van der Waals surface area contributed by atoms with Crippen LogP contribution in [0.1, 0.15) is 70.1 Å². The zero-order valence-corrected chi connectivity index (χ0v) is 18.1. The highest BCUT2D eigenvalue weighted by molar-refractivity contribution is 5.91. The summed E-state index contributed by atoms with van der Waals surface area (Å²) < 4.78 is 0. The van der Waals surface area contributed by atoms with E-state index in [-0.39, 0.29) is 5.41 Å². The minimum Gasteiger partial charge on any atom is -0.354 e. The Morgan fingerprint density at radius 2 is 1.64 bits per heavy atom. The van der Waals surface area contributed by atoms with Crippen LogP contribution in [0.5, 0.6) is 0 Å². The van der Waals surface area contributed by atoms with Crippen molar-refractivity contribution in [3.8, 4) is 11.3 Å². The second kappa shape index (κ2) is 8.96. The second-order valence-corrected chi connectivity index (χ2v) is 9.04. The lowest BCUT2D eigenvalue weighted by atomic mass is 9.86. The van der Waals surface area contributed by atoms with E-state index in [4.69, 9.17) is 5.73 Å². The van der Waals surface area contributed by atoms with Gasteiger partial charge in [-0.2, -0.15) is 0 Å². The normalized spacial score (nSPS) is 12.0. The molecule has 0 aliphatic carbocycles. The van der Waals surface area contributed by atoms with Crippen molar-refractivity contribution >= 4 is 10.9 Å². The Bertz CT molecular complexity index is 895. The maximum Gasteiger partial charge on any atom is 0.0497 e. The molecule has 3 N–H and O–H groups in total. The first-order valence-corrected chi connectivity index (χ1v) is 10.9. The molecular weight excluding hydrogens is 340 g/mol.